The number of nitrogens with zero attached hydrogens (tertiary/aromatic N) is 11. The van der Waals surface area contributed by atoms with Crippen LogP contribution in [0.2, 0.25) is 0 Å². The molecule has 0 saturated carbocycles. The zero-order valence-electron chi connectivity index (χ0n) is 39.2. The lowest BCUT2D eigenvalue weighted by Crippen LogP contribution is -2.40. The van der Waals surface area contributed by atoms with Gasteiger partial charge >= 0.3 is 0 Å². The molecule has 0 spiro atoms. The number of ether oxygens (including phenoxy) is 2. The molecule has 0 bridgehead atoms. The number of fused-ring (bicyclic) bond motifs is 2. The predicted molar refractivity (Wildman–Crippen MR) is 271 cm³/mol. The molecule has 2 unspecified atom stereocenters. The molecule has 17 heteroatoms. The highest BCUT2D eigenvalue weighted by molar-refractivity contribution is 5.99. The Labute approximate surface area is 405 Å². The summed E-state index contributed by atoms with van der Waals surface area (Å²) in [4.78, 5) is 48.1. The van der Waals surface area contributed by atoms with Crippen LogP contribution in [-0.2, 0) is 9.59 Å². The molecule has 4 aromatic heterocycles. The molecule has 0 radical (unpaired) electrons. The molecule has 8 aromatic rings. The first-order valence-electron chi connectivity index (χ1n) is 23.3. The first-order valence-corrected chi connectivity index (χ1v) is 23.3. The van der Waals surface area contributed by atoms with Gasteiger partial charge in [-0.3, -0.25) is 9.59 Å². The third-order valence-electron chi connectivity index (χ3n) is 12.3. The molecule has 6 heterocycles. The molecule has 4 N–H and O–H groups in total. The molecule has 10 rings (SSSR count). The van der Waals surface area contributed by atoms with Gasteiger partial charge in [0.1, 0.15) is 58.7 Å². The fraction of sp³-hybridized carbons (Fsp3) is 0.245. The Morgan fingerprint density at radius 2 is 1.06 bits per heavy atom. The molecule has 2 fully saturated rings. The SMILES string of the molecule is C=CC(=O)N1CCCC(n2nc(-c3ccc(Oc4ccccc4)cc3)c3c(N)ncnc32)C1.CN(C)C/C=C/C(=O)N1CCCC(n2nc(-c3ccc(Oc4ccccc4)cc3)c3c(N)ncnc32)C1. The summed E-state index contributed by atoms with van der Waals surface area (Å²) in [6.07, 6.45) is 11.4. The van der Waals surface area contributed by atoms with E-state index in [9.17, 15) is 9.59 Å². The lowest BCUT2D eigenvalue weighted by Gasteiger charge is -2.32. The third kappa shape index (κ3) is 10.5. The van der Waals surface area contributed by atoms with Crippen LogP contribution in [0.4, 0.5) is 11.6 Å². The Balaban J connectivity index is 0.000000175. The Kier molecular flexibility index (Phi) is 14.2. The summed E-state index contributed by atoms with van der Waals surface area (Å²) in [5, 5.41) is 11.3. The lowest BCUT2D eigenvalue weighted by molar-refractivity contribution is -0.128. The van der Waals surface area contributed by atoms with Crippen molar-refractivity contribution in [3.63, 3.8) is 0 Å². The molecule has 0 aliphatic carbocycles. The third-order valence-corrected chi connectivity index (χ3v) is 12.3. The maximum absolute atomic E-state index is 12.8. The number of nitrogen functional groups attached to an aromatic ring is 2. The lowest BCUT2D eigenvalue weighted by atomic mass is 10.1. The largest absolute Gasteiger partial charge is 0.457 e. The van der Waals surface area contributed by atoms with Crippen molar-refractivity contribution in [1.29, 1.82) is 0 Å². The molecule has 2 atom stereocenters. The highest BCUT2D eigenvalue weighted by Crippen LogP contribution is 2.37. The van der Waals surface area contributed by atoms with Crippen LogP contribution in [0.5, 0.6) is 23.0 Å². The number of benzene rings is 4. The second-order valence-corrected chi connectivity index (χ2v) is 17.4. The monoisotopic (exact) mass is 937 g/mol. The summed E-state index contributed by atoms with van der Waals surface area (Å²) < 4.78 is 15.6. The van der Waals surface area contributed by atoms with Gasteiger partial charge in [0.05, 0.1) is 22.9 Å². The van der Waals surface area contributed by atoms with Crippen molar-refractivity contribution >= 4 is 45.5 Å². The summed E-state index contributed by atoms with van der Waals surface area (Å²) >= 11 is 0. The second kappa shape index (κ2) is 21.2. The number of aromatic nitrogens is 8. The average Bonchev–Trinajstić information content (AvgIpc) is 3.99. The van der Waals surface area contributed by atoms with Crippen molar-refractivity contribution in [2.45, 2.75) is 37.8 Å². The van der Waals surface area contributed by atoms with Gasteiger partial charge in [-0.05, 0) is 119 Å². The van der Waals surface area contributed by atoms with Gasteiger partial charge in [0, 0.05) is 49.9 Å². The van der Waals surface area contributed by atoms with Crippen LogP contribution in [0, 0.1) is 0 Å². The van der Waals surface area contributed by atoms with E-state index in [1.807, 2.05) is 149 Å². The van der Waals surface area contributed by atoms with E-state index in [1.165, 1.54) is 18.7 Å². The highest BCUT2D eigenvalue weighted by atomic mass is 16.5. The van der Waals surface area contributed by atoms with E-state index < -0.39 is 0 Å². The van der Waals surface area contributed by atoms with E-state index in [0.29, 0.717) is 64.7 Å². The minimum Gasteiger partial charge on any atom is -0.457 e. The zero-order chi connectivity index (χ0) is 48.6. The van der Waals surface area contributed by atoms with E-state index in [-0.39, 0.29) is 23.9 Å². The fourth-order valence-electron chi connectivity index (χ4n) is 8.82. The van der Waals surface area contributed by atoms with Crippen LogP contribution in [0.1, 0.15) is 37.8 Å². The zero-order valence-corrected chi connectivity index (χ0v) is 39.2. The summed E-state index contributed by atoms with van der Waals surface area (Å²) in [6.45, 7) is 6.90. The van der Waals surface area contributed by atoms with Crippen molar-refractivity contribution in [3.05, 3.63) is 147 Å². The molecule has 2 saturated heterocycles. The number of hydrogen-bond acceptors (Lipinski definition) is 13. The van der Waals surface area contributed by atoms with Gasteiger partial charge in [0.15, 0.2) is 11.3 Å². The van der Waals surface area contributed by atoms with Gasteiger partial charge in [-0.2, -0.15) is 10.2 Å². The first-order chi connectivity index (χ1) is 34.1. The van der Waals surface area contributed by atoms with Crippen molar-refractivity contribution in [2.75, 3.05) is 58.3 Å². The summed E-state index contributed by atoms with van der Waals surface area (Å²) in [5.41, 5.74) is 17.1. The van der Waals surface area contributed by atoms with Gasteiger partial charge in [-0.25, -0.2) is 29.3 Å². The summed E-state index contributed by atoms with van der Waals surface area (Å²) in [6, 6.07) is 34.7. The fourth-order valence-corrected chi connectivity index (χ4v) is 8.82. The van der Waals surface area contributed by atoms with Crippen molar-refractivity contribution in [1.82, 2.24) is 54.2 Å². The molecule has 2 aliphatic heterocycles. The number of nitrogens with two attached hydrogens (primary N) is 2. The number of amides is 2. The molecule has 356 valence electrons. The summed E-state index contributed by atoms with van der Waals surface area (Å²) in [7, 11) is 3.95. The predicted octanol–water partition coefficient (Wildman–Crippen LogP) is 8.37. The van der Waals surface area contributed by atoms with Gasteiger partial charge in [0.25, 0.3) is 0 Å². The maximum Gasteiger partial charge on any atom is 0.246 e. The van der Waals surface area contributed by atoms with E-state index >= 15 is 0 Å². The minimum atomic E-state index is -0.0699. The molecule has 70 heavy (non-hydrogen) atoms. The highest BCUT2D eigenvalue weighted by Gasteiger charge is 2.30. The second-order valence-electron chi connectivity index (χ2n) is 17.4. The number of likely N-dealkylation sites (N-methyl/N-ethyl adjacent to an activating group) is 1. The number of para-hydroxylation sites is 2. The van der Waals surface area contributed by atoms with E-state index in [4.69, 9.17) is 31.1 Å². The molecular formula is C53H55N13O4. The molecule has 2 aliphatic rings. The van der Waals surface area contributed by atoms with Gasteiger partial charge < -0.3 is 35.6 Å². The summed E-state index contributed by atoms with van der Waals surface area (Å²) in [5.74, 6) is 3.71. The minimum absolute atomic E-state index is 0.00566. The van der Waals surface area contributed by atoms with Crippen molar-refractivity contribution < 1.29 is 19.1 Å². The molecule has 17 nitrogen and oxygen atoms in total. The van der Waals surface area contributed by atoms with Crippen molar-refractivity contribution in [3.8, 4) is 45.5 Å². The van der Waals surface area contributed by atoms with Gasteiger partial charge in [-0.1, -0.05) is 49.1 Å². The smallest absolute Gasteiger partial charge is 0.246 e. The number of rotatable bonds is 12. The van der Waals surface area contributed by atoms with Gasteiger partial charge in [0.2, 0.25) is 11.8 Å². The van der Waals surface area contributed by atoms with Crippen LogP contribution < -0.4 is 20.9 Å². The number of piperidine rings is 2. The Morgan fingerprint density at radius 3 is 1.49 bits per heavy atom. The standard InChI is InChI=1S/C28H31N7O2.C25H24N6O2/c1-33(2)16-7-11-24(36)34-17-6-8-21(18-34)35-28-25(27(29)30-19-31-28)26(32-35)20-12-14-23(15-13-20)37-22-9-4-3-5-10-22;1-2-21(32)30-14-6-7-18(15-30)31-25-22(24(26)27-16-28-25)23(29-31)17-10-12-20(13-11-17)33-19-8-4-3-5-9-19/h3-5,7,9-15,19,21H,6,8,16-18H2,1-2H3,(H2,29,30,31);2-5,8-13,16,18H,1,6-7,14-15H2,(H2,26,27,28)/b11-7+;. The Morgan fingerprint density at radius 1 is 0.629 bits per heavy atom. The molecular weight excluding hydrogens is 883 g/mol. The van der Waals surface area contributed by atoms with Crippen LogP contribution >= 0.6 is 0 Å². The number of carbonyl (C=O) groups excluding carboxylic acids is 2. The van der Waals surface area contributed by atoms with Crippen LogP contribution in [0.25, 0.3) is 44.6 Å². The topological polar surface area (TPSA) is 202 Å². The molecule has 4 aromatic carbocycles. The maximum atomic E-state index is 12.8. The van der Waals surface area contributed by atoms with Gasteiger partial charge in [-0.15, -0.1) is 0 Å². The van der Waals surface area contributed by atoms with Crippen LogP contribution in [0.15, 0.2) is 147 Å². The number of carbonyl (C=O) groups is 2. The van der Waals surface area contributed by atoms with Crippen LogP contribution in [-0.4, -0.2) is 113 Å². The van der Waals surface area contributed by atoms with E-state index in [2.05, 4.69) is 26.5 Å². The molecule has 2 amide bonds. The van der Waals surface area contributed by atoms with Crippen molar-refractivity contribution in [2.24, 2.45) is 0 Å². The normalized spacial score (nSPS) is 16.0. The number of anilines is 2. The van der Waals surface area contributed by atoms with Crippen LogP contribution in [0.3, 0.4) is 0 Å². The van der Waals surface area contributed by atoms with E-state index in [1.54, 1.807) is 11.0 Å². The quantitative estimate of drug-likeness (QED) is 0.111. The Hall–Kier alpha value is -8.44. The number of hydrogen-bond donors (Lipinski definition) is 2. The van der Waals surface area contributed by atoms with E-state index in [0.717, 1.165) is 72.9 Å². The average molecular weight is 938 g/mol. The Bertz CT molecular complexity index is 3120. The first kappa shape index (κ1) is 46.7. The number of likely N-dealkylation sites (tertiary alicyclic amines) is 2.